The first-order valence-corrected chi connectivity index (χ1v) is 10.3. The third-order valence-corrected chi connectivity index (χ3v) is 6.10. The first kappa shape index (κ1) is 18.8. The maximum atomic E-state index is 12.6. The molecule has 1 heterocycles. The average molecular weight is 400 g/mol. The predicted molar refractivity (Wildman–Crippen MR) is 106 cm³/mol. The first-order valence-electron chi connectivity index (χ1n) is 7.94. The predicted octanol–water partition coefficient (Wildman–Crippen LogP) is 4.00. The highest BCUT2D eigenvalue weighted by Crippen LogP contribution is 2.23. The number of hydrogen-bond donors (Lipinski definition) is 2. The van der Waals surface area contributed by atoms with E-state index in [1.165, 1.54) is 24.4 Å². The van der Waals surface area contributed by atoms with Gasteiger partial charge in [-0.3, -0.25) is 14.3 Å². The Hall–Kier alpha value is -2.97. The summed E-state index contributed by atoms with van der Waals surface area (Å²) in [6, 6.07) is 16.4. The van der Waals surface area contributed by atoms with Crippen LogP contribution in [0.3, 0.4) is 0 Å². The summed E-state index contributed by atoms with van der Waals surface area (Å²) in [5.74, 6) is -0.544. The van der Waals surface area contributed by atoms with Gasteiger partial charge >= 0.3 is 0 Å². The van der Waals surface area contributed by atoms with Gasteiger partial charge in [-0.1, -0.05) is 30.3 Å². The summed E-state index contributed by atoms with van der Waals surface area (Å²) in [4.78, 5) is 24.0. The van der Waals surface area contributed by atoms with Crippen molar-refractivity contribution in [2.24, 2.45) is 0 Å². The maximum Gasteiger partial charge on any atom is 0.265 e. The molecular formula is C19H16N2O4S2. The standard InChI is InChI=1S/C19H16N2O4S2/c1-13(22)14-6-5-9-16(10-14)21-27(24,25)17-11-18(26-12-17)19(23)20-15-7-3-2-4-8-15/h2-12,21H,1H3,(H,20,23). The molecule has 0 radical (unpaired) electrons. The zero-order valence-electron chi connectivity index (χ0n) is 14.3. The molecule has 8 heteroatoms. The number of hydrogen-bond acceptors (Lipinski definition) is 5. The van der Waals surface area contributed by atoms with Crippen LogP contribution in [0.5, 0.6) is 0 Å². The number of amides is 1. The van der Waals surface area contributed by atoms with Gasteiger partial charge < -0.3 is 5.32 Å². The largest absolute Gasteiger partial charge is 0.321 e. The average Bonchev–Trinajstić information content (AvgIpc) is 3.14. The fraction of sp³-hybridized carbons (Fsp3) is 0.0526. The lowest BCUT2D eigenvalue weighted by Crippen LogP contribution is -2.13. The molecule has 0 aliphatic heterocycles. The van der Waals surface area contributed by atoms with Gasteiger partial charge in [0.1, 0.15) is 0 Å². The van der Waals surface area contributed by atoms with Crippen LogP contribution in [0.1, 0.15) is 27.0 Å². The number of Topliss-reactive ketones (excluding diaryl/α,β-unsaturated/α-hetero) is 1. The smallest absolute Gasteiger partial charge is 0.265 e. The van der Waals surface area contributed by atoms with Crippen molar-refractivity contribution in [2.75, 3.05) is 10.0 Å². The third-order valence-electron chi connectivity index (χ3n) is 3.66. The van der Waals surface area contributed by atoms with Crippen LogP contribution in [0.2, 0.25) is 0 Å². The number of nitrogens with one attached hydrogen (secondary N) is 2. The quantitative estimate of drug-likeness (QED) is 0.612. The van der Waals surface area contributed by atoms with Crippen molar-refractivity contribution in [1.29, 1.82) is 0 Å². The number of ketones is 1. The zero-order valence-corrected chi connectivity index (χ0v) is 15.9. The summed E-state index contributed by atoms with van der Waals surface area (Å²) >= 11 is 1.04. The molecule has 0 spiro atoms. The molecule has 0 saturated carbocycles. The molecule has 0 atom stereocenters. The van der Waals surface area contributed by atoms with Crippen LogP contribution < -0.4 is 10.0 Å². The van der Waals surface area contributed by atoms with E-state index in [0.717, 1.165) is 11.3 Å². The van der Waals surface area contributed by atoms with Gasteiger partial charge in [0.25, 0.3) is 15.9 Å². The zero-order chi connectivity index (χ0) is 19.4. The Morgan fingerprint density at radius 1 is 0.926 bits per heavy atom. The van der Waals surface area contributed by atoms with Crippen molar-refractivity contribution in [1.82, 2.24) is 0 Å². The van der Waals surface area contributed by atoms with E-state index in [1.54, 1.807) is 42.5 Å². The minimum absolute atomic E-state index is 0.0149. The number of anilines is 2. The Balaban J connectivity index is 1.77. The van der Waals surface area contributed by atoms with Crippen molar-refractivity contribution in [3.8, 4) is 0 Å². The molecule has 1 amide bonds. The number of carbonyl (C=O) groups excluding carboxylic acids is 2. The topological polar surface area (TPSA) is 92.3 Å². The van der Waals surface area contributed by atoms with E-state index in [-0.39, 0.29) is 27.2 Å². The number of sulfonamides is 1. The van der Waals surface area contributed by atoms with Crippen LogP contribution in [0.4, 0.5) is 11.4 Å². The number of benzene rings is 2. The van der Waals surface area contributed by atoms with E-state index >= 15 is 0 Å². The molecule has 2 N–H and O–H groups in total. The molecule has 138 valence electrons. The monoisotopic (exact) mass is 400 g/mol. The van der Waals surface area contributed by atoms with Gasteiger partial charge in [-0.15, -0.1) is 11.3 Å². The van der Waals surface area contributed by atoms with Gasteiger partial charge in [0.15, 0.2) is 5.78 Å². The summed E-state index contributed by atoms with van der Waals surface area (Å²) in [5, 5.41) is 4.11. The number of para-hydroxylation sites is 1. The van der Waals surface area contributed by atoms with Crippen molar-refractivity contribution in [3.05, 3.63) is 76.5 Å². The Kier molecular flexibility index (Phi) is 5.38. The minimum atomic E-state index is -3.87. The van der Waals surface area contributed by atoms with Crippen LogP contribution in [-0.4, -0.2) is 20.1 Å². The van der Waals surface area contributed by atoms with Crippen LogP contribution in [-0.2, 0) is 10.0 Å². The SMILES string of the molecule is CC(=O)c1cccc(NS(=O)(=O)c2csc(C(=O)Nc3ccccc3)c2)c1. The molecule has 2 aromatic carbocycles. The Bertz CT molecular complexity index is 1090. The van der Waals surface area contributed by atoms with Crippen molar-refractivity contribution in [3.63, 3.8) is 0 Å². The molecule has 0 aliphatic rings. The second kappa shape index (κ2) is 7.73. The van der Waals surface area contributed by atoms with Gasteiger partial charge in [-0.05, 0) is 37.3 Å². The summed E-state index contributed by atoms with van der Waals surface area (Å²) in [5.41, 5.74) is 1.31. The fourth-order valence-corrected chi connectivity index (χ4v) is 4.53. The lowest BCUT2D eigenvalue weighted by atomic mass is 10.1. The van der Waals surface area contributed by atoms with Gasteiger partial charge in [0, 0.05) is 22.3 Å². The van der Waals surface area contributed by atoms with Crippen LogP contribution >= 0.6 is 11.3 Å². The summed E-state index contributed by atoms with van der Waals surface area (Å²) in [7, 11) is -3.87. The van der Waals surface area contributed by atoms with Gasteiger partial charge in [-0.25, -0.2) is 8.42 Å². The number of carbonyl (C=O) groups is 2. The summed E-state index contributed by atoms with van der Waals surface area (Å²) in [6.07, 6.45) is 0. The number of thiophene rings is 1. The molecule has 6 nitrogen and oxygen atoms in total. The minimum Gasteiger partial charge on any atom is -0.321 e. The highest BCUT2D eigenvalue weighted by molar-refractivity contribution is 7.92. The van der Waals surface area contributed by atoms with Crippen molar-refractivity contribution in [2.45, 2.75) is 11.8 Å². The first-order chi connectivity index (χ1) is 12.8. The molecule has 1 aromatic heterocycles. The van der Waals surface area contributed by atoms with E-state index in [0.29, 0.717) is 11.3 Å². The maximum absolute atomic E-state index is 12.6. The molecule has 3 aromatic rings. The van der Waals surface area contributed by atoms with Crippen molar-refractivity contribution < 1.29 is 18.0 Å². The molecule has 0 saturated heterocycles. The van der Waals surface area contributed by atoms with Gasteiger partial charge in [-0.2, -0.15) is 0 Å². The second-order valence-corrected chi connectivity index (χ2v) is 8.30. The summed E-state index contributed by atoms with van der Waals surface area (Å²) in [6.45, 7) is 1.41. The molecule has 27 heavy (non-hydrogen) atoms. The fourth-order valence-electron chi connectivity index (χ4n) is 2.31. The molecule has 0 bridgehead atoms. The van der Waals surface area contributed by atoms with Gasteiger partial charge in [0.05, 0.1) is 9.77 Å². The normalized spacial score (nSPS) is 11.0. The highest BCUT2D eigenvalue weighted by Gasteiger charge is 2.19. The van der Waals surface area contributed by atoms with Crippen LogP contribution in [0, 0.1) is 0 Å². The molecular weight excluding hydrogens is 384 g/mol. The van der Waals surface area contributed by atoms with E-state index in [2.05, 4.69) is 10.0 Å². The molecule has 0 fully saturated rings. The van der Waals surface area contributed by atoms with E-state index in [1.807, 2.05) is 6.07 Å². The Morgan fingerprint density at radius 3 is 2.33 bits per heavy atom. The lowest BCUT2D eigenvalue weighted by molar-refractivity contribution is 0.101. The molecule has 3 rings (SSSR count). The van der Waals surface area contributed by atoms with E-state index < -0.39 is 10.0 Å². The Labute approximate surface area is 160 Å². The van der Waals surface area contributed by atoms with Crippen LogP contribution in [0.25, 0.3) is 0 Å². The molecule has 0 unspecified atom stereocenters. The summed E-state index contributed by atoms with van der Waals surface area (Å²) < 4.78 is 27.5. The van der Waals surface area contributed by atoms with E-state index in [9.17, 15) is 18.0 Å². The lowest BCUT2D eigenvalue weighted by Gasteiger charge is -2.07. The van der Waals surface area contributed by atoms with Crippen LogP contribution in [0.15, 0.2) is 70.9 Å². The number of rotatable bonds is 6. The third kappa shape index (κ3) is 4.60. The van der Waals surface area contributed by atoms with E-state index in [4.69, 9.17) is 0 Å². The van der Waals surface area contributed by atoms with Crippen molar-refractivity contribution >= 4 is 44.4 Å². The molecule has 0 aliphatic carbocycles. The Morgan fingerprint density at radius 2 is 1.63 bits per heavy atom. The highest BCUT2D eigenvalue weighted by atomic mass is 32.2. The second-order valence-electron chi connectivity index (χ2n) is 5.71. The van der Waals surface area contributed by atoms with Gasteiger partial charge in [0.2, 0.25) is 0 Å².